The molecule has 1 fully saturated rings. The van der Waals surface area contributed by atoms with E-state index >= 15 is 0 Å². The maximum atomic E-state index is 12.2. The summed E-state index contributed by atoms with van der Waals surface area (Å²) in [5.41, 5.74) is 1.22. The van der Waals surface area contributed by atoms with Crippen LogP contribution in [0.2, 0.25) is 0 Å². The molecular formula is C12H9N3O3S. The van der Waals surface area contributed by atoms with Gasteiger partial charge in [-0.3, -0.25) is 19.7 Å². The van der Waals surface area contributed by atoms with Gasteiger partial charge in [0.25, 0.3) is 5.91 Å². The molecule has 2 aliphatic heterocycles. The Morgan fingerprint density at radius 2 is 2.21 bits per heavy atom. The molecule has 0 radical (unpaired) electrons. The molecule has 3 heterocycles. The quantitative estimate of drug-likeness (QED) is 0.615. The van der Waals surface area contributed by atoms with Crippen molar-refractivity contribution in [2.24, 2.45) is 0 Å². The van der Waals surface area contributed by atoms with Gasteiger partial charge in [-0.15, -0.1) is 0 Å². The van der Waals surface area contributed by atoms with E-state index in [0.29, 0.717) is 22.5 Å². The number of thiophene rings is 1. The molecule has 0 bridgehead atoms. The molecule has 1 atom stereocenters. The fourth-order valence-corrected chi connectivity index (χ4v) is 3.27. The highest BCUT2D eigenvalue weighted by atomic mass is 32.1. The Morgan fingerprint density at radius 1 is 1.42 bits per heavy atom. The Morgan fingerprint density at radius 3 is 2.89 bits per heavy atom. The van der Waals surface area contributed by atoms with E-state index in [4.69, 9.17) is 6.57 Å². The molecule has 3 amide bonds. The molecule has 6 nitrogen and oxygen atoms in total. The largest absolute Gasteiger partial charge is 0.323 e. The Balaban J connectivity index is 1.88. The lowest BCUT2D eigenvalue weighted by Crippen LogP contribution is -2.52. The maximum absolute atomic E-state index is 12.2. The minimum Gasteiger partial charge on any atom is -0.323 e. The van der Waals surface area contributed by atoms with Gasteiger partial charge in [-0.25, -0.2) is 4.85 Å². The summed E-state index contributed by atoms with van der Waals surface area (Å²) in [5.74, 6) is -0.956. The van der Waals surface area contributed by atoms with Crippen molar-refractivity contribution in [2.75, 3.05) is 0 Å². The standard InChI is InChI=1S/C12H9N3O3S/c1-13-11-6-4-15(12(18)7(6)5-19-11)8-2-3-9(16)14-10(8)17/h5,8H,2-4H2,(H,14,16,17). The van der Waals surface area contributed by atoms with Gasteiger partial charge in [0.15, 0.2) is 0 Å². The number of nitrogens with one attached hydrogen (secondary N) is 1. The van der Waals surface area contributed by atoms with Crippen LogP contribution < -0.4 is 5.32 Å². The van der Waals surface area contributed by atoms with Crippen LogP contribution in [0, 0.1) is 6.57 Å². The third kappa shape index (κ3) is 1.72. The summed E-state index contributed by atoms with van der Waals surface area (Å²) in [4.78, 5) is 39.9. The van der Waals surface area contributed by atoms with Crippen LogP contribution >= 0.6 is 11.3 Å². The van der Waals surface area contributed by atoms with Gasteiger partial charge in [0, 0.05) is 24.1 Å². The molecule has 0 aromatic carbocycles. The second-order valence-corrected chi connectivity index (χ2v) is 5.30. The summed E-state index contributed by atoms with van der Waals surface area (Å²) in [6, 6.07) is -0.610. The second-order valence-electron chi connectivity index (χ2n) is 4.44. The van der Waals surface area contributed by atoms with Crippen molar-refractivity contribution < 1.29 is 14.4 Å². The third-order valence-electron chi connectivity index (χ3n) is 3.38. The fraction of sp³-hybridized carbons (Fsp3) is 0.333. The summed E-state index contributed by atoms with van der Waals surface area (Å²) in [6.07, 6.45) is 0.584. The average molecular weight is 275 g/mol. The van der Waals surface area contributed by atoms with Crippen molar-refractivity contribution in [2.45, 2.75) is 25.4 Å². The number of fused-ring (bicyclic) bond motifs is 1. The zero-order valence-electron chi connectivity index (χ0n) is 9.80. The second kappa shape index (κ2) is 4.17. The summed E-state index contributed by atoms with van der Waals surface area (Å²) < 4.78 is 0. The number of rotatable bonds is 1. The summed E-state index contributed by atoms with van der Waals surface area (Å²) in [5, 5.41) is 4.41. The van der Waals surface area contributed by atoms with E-state index in [1.807, 2.05) is 0 Å². The van der Waals surface area contributed by atoms with E-state index in [1.54, 1.807) is 5.38 Å². The number of hydrogen-bond acceptors (Lipinski definition) is 4. The molecule has 1 aromatic heterocycles. The summed E-state index contributed by atoms with van der Waals surface area (Å²) in [6.45, 7) is 7.33. The first-order valence-corrected chi connectivity index (χ1v) is 6.62. The van der Waals surface area contributed by atoms with Crippen molar-refractivity contribution in [3.8, 4) is 0 Å². The van der Waals surface area contributed by atoms with E-state index in [0.717, 1.165) is 0 Å². The highest BCUT2D eigenvalue weighted by molar-refractivity contribution is 7.14. The number of carbonyl (C=O) groups is 3. The molecule has 0 spiro atoms. The van der Waals surface area contributed by atoms with Crippen molar-refractivity contribution in [1.82, 2.24) is 10.2 Å². The van der Waals surface area contributed by atoms with E-state index in [1.165, 1.54) is 16.2 Å². The Kier molecular flexibility index (Phi) is 2.61. The third-order valence-corrected chi connectivity index (χ3v) is 4.29. The summed E-state index contributed by atoms with van der Waals surface area (Å²) >= 11 is 1.25. The van der Waals surface area contributed by atoms with Crippen LogP contribution in [0.25, 0.3) is 4.85 Å². The van der Waals surface area contributed by atoms with Gasteiger partial charge in [0.1, 0.15) is 6.04 Å². The number of imide groups is 1. The van der Waals surface area contributed by atoms with Gasteiger partial charge in [0.2, 0.25) is 16.8 Å². The monoisotopic (exact) mass is 275 g/mol. The predicted molar refractivity (Wildman–Crippen MR) is 66.6 cm³/mol. The summed E-state index contributed by atoms with van der Waals surface area (Å²) in [7, 11) is 0. The van der Waals surface area contributed by atoms with Crippen LogP contribution in [0.1, 0.15) is 28.8 Å². The van der Waals surface area contributed by atoms with Crippen molar-refractivity contribution in [3.05, 3.63) is 27.9 Å². The zero-order chi connectivity index (χ0) is 13.6. The first-order chi connectivity index (χ1) is 9.11. The highest BCUT2D eigenvalue weighted by Gasteiger charge is 2.40. The normalized spacial score (nSPS) is 22.2. The van der Waals surface area contributed by atoms with Crippen LogP contribution in [0.5, 0.6) is 0 Å². The molecule has 0 aliphatic carbocycles. The van der Waals surface area contributed by atoms with Gasteiger partial charge < -0.3 is 4.90 Å². The molecule has 19 heavy (non-hydrogen) atoms. The minimum atomic E-state index is -0.610. The van der Waals surface area contributed by atoms with E-state index in [2.05, 4.69) is 10.2 Å². The molecular weight excluding hydrogens is 266 g/mol. The number of hydrogen-bond donors (Lipinski definition) is 1. The Bertz CT molecular complexity index is 643. The molecule has 2 aliphatic rings. The number of piperidine rings is 1. The highest BCUT2D eigenvalue weighted by Crippen LogP contribution is 2.38. The van der Waals surface area contributed by atoms with Crippen LogP contribution in [-0.2, 0) is 16.1 Å². The average Bonchev–Trinajstić information content (AvgIpc) is 2.91. The lowest BCUT2D eigenvalue weighted by molar-refractivity contribution is -0.136. The van der Waals surface area contributed by atoms with Crippen LogP contribution in [-0.4, -0.2) is 28.7 Å². The number of amides is 3. The van der Waals surface area contributed by atoms with Crippen LogP contribution in [0.3, 0.4) is 0 Å². The molecule has 1 saturated heterocycles. The fourth-order valence-electron chi connectivity index (χ4n) is 2.43. The molecule has 96 valence electrons. The molecule has 1 N–H and O–H groups in total. The van der Waals surface area contributed by atoms with Gasteiger partial charge in [-0.05, 0) is 11.8 Å². The Hall–Kier alpha value is -2.20. The number of carbonyl (C=O) groups excluding carboxylic acids is 3. The molecule has 1 unspecified atom stereocenters. The van der Waals surface area contributed by atoms with Crippen molar-refractivity contribution in [1.29, 1.82) is 0 Å². The Labute approximate surface area is 112 Å². The number of nitrogens with zero attached hydrogens (tertiary/aromatic N) is 2. The lowest BCUT2D eigenvalue weighted by Gasteiger charge is -2.29. The smallest absolute Gasteiger partial charge is 0.254 e. The molecule has 1 aromatic rings. The van der Waals surface area contributed by atoms with Gasteiger partial charge >= 0.3 is 0 Å². The van der Waals surface area contributed by atoms with Gasteiger partial charge in [-0.1, -0.05) is 0 Å². The maximum Gasteiger partial charge on any atom is 0.254 e. The van der Waals surface area contributed by atoms with Crippen LogP contribution in [0.15, 0.2) is 5.38 Å². The van der Waals surface area contributed by atoms with Crippen molar-refractivity contribution >= 4 is 34.1 Å². The van der Waals surface area contributed by atoms with Gasteiger partial charge in [-0.2, -0.15) is 11.3 Å². The first kappa shape index (κ1) is 11.9. The lowest BCUT2D eigenvalue weighted by atomic mass is 10.0. The van der Waals surface area contributed by atoms with E-state index in [9.17, 15) is 14.4 Å². The topological polar surface area (TPSA) is 70.8 Å². The van der Waals surface area contributed by atoms with Gasteiger partial charge in [0.05, 0.1) is 6.57 Å². The zero-order valence-corrected chi connectivity index (χ0v) is 10.6. The van der Waals surface area contributed by atoms with Crippen molar-refractivity contribution in [3.63, 3.8) is 0 Å². The van der Waals surface area contributed by atoms with Crippen LogP contribution in [0.4, 0.5) is 5.00 Å². The molecule has 7 heteroatoms. The first-order valence-electron chi connectivity index (χ1n) is 5.74. The van der Waals surface area contributed by atoms with E-state index < -0.39 is 11.9 Å². The molecule has 0 saturated carbocycles. The SMILES string of the molecule is [C-]#[N+]c1scc2c1CN(C1CCC(=O)NC1=O)C2=O. The van der Waals surface area contributed by atoms with E-state index in [-0.39, 0.29) is 24.8 Å². The minimum absolute atomic E-state index is 0.226. The predicted octanol–water partition coefficient (Wildman–Crippen LogP) is 1.06. The molecule has 3 rings (SSSR count).